The number of benzene rings is 1. The molecule has 1 aromatic heterocycles. The van der Waals surface area contributed by atoms with Crippen molar-refractivity contribution in [3.63, 3.8) is 0 Å². The molecular weight excluding hydrogens is 287 g/mol. The van der Waals surface area contributed by atoms with Crippen LogP contribution in [-0.4, -0.2) is 15.8 Å². The minimum absolute atomic E-state index is 0.0851. The maximum atomic E-state index is 13.6. The molecule has 0 N–H and O–H groups in total. The SMILES string of the molecule is CC(=O)c1nccc(-c2cc(Br)ccc2F)n1. The summed E-state index contributed by atoms with van der Waals surface area (Å²) in [6.07, 6.45) is 1.44. The summed E-state index contributed by atoms with van der Waals surface area (Å²) >= 11 is 3.26. The molecule has 3 nitrogen and oxygen atoms in total. The first-order valence-corrected chi connectivity index (χ1v) is 5.66. The molecule has 0 unspecified atom stereocenters. The molecule has 0 aliphatic carbocycles. The van der Waals surface area contributed by atoms with Crippen molar-refractivity contribution in [2.24, 2.45) is 0 Å². The Bertz CT molecular complexity index is 586. The van der Waals surface area contributed by atoms with Crippen LogP contribution < -0.4 is 0 Å². The highest BCUT2D eigenvalue weighted by Gasteiger charge is 2.10. The van der Waals surface area contributed by atoms with Gasteiger partial charge in [-0.15, -0.1) is 0 Å². The van der Waals surface area contributed by atoms with E-state index in [1.54, 1.807) is 18.2 Å². The summed E-state index contributed by atoms with van der Waals surface area (Å²) in [7, 11) is 0. The Morgan fingerprint density at radius 2 is 2.12 bits per heavy atom. The van der Waals surface area contributed by atoms with Crippen molar-refractivity contribution in [2.45, 2.75) is 6.92 Å². The van der Waals surface area contributed by atoms with Crippen molar-refractivity contribution in [3.05, 3.63) is 46.6 Å². The minimum Gasteiger partial charge on any atom is -0.291 e. The zero-order valence-electron chi connectivity index (χ0n) is 8.95. The zero-order valence-corrected chi connectivity index (χ0v) is 10.5. The van der Waals surface area contributed by atoms with Crippen LogP contribution in [0.15, 0.2) is 34.9 Å². The number of ketones is 1. The van der Waals surface area contributed by atoms with Gasteiger partial charge >= 0.3 is 0 Å². The summed E-state index contributed by atoms with van der Waals surface area (Å²) < 4.78 is 14.4. The Morgan fingerprint density at radius 3 is 2.82 bits per heavy atom. The molecule has 0 aliphatic rings. The third kappa shape index (κ3) is 2.55. The molecular formula is C12H8BrFN2O. The van der Waals surface area contributed by atoms with Gasteiger partial charge in [0.2, 0.25) is 0 Å². The molecule has 5 heteroatoms. The topological polar surface area (TPSA) is 42.9 Å². The average Bonchev–Trinajstić information content (AvgIpc) is 2.32. The quantitative estimate of drug-likeness (QED) is 0.799. The van der Waals surface area contributed by atoms with Crippen LogP contribution in [0.4, 0.5) is 4.39 Å². The molecule has 1 aromatic carbocycles. The second-order valence-corrected chi connectivity index (χ2v) is 4.36. The summed E-state index contributed by atoms with van der Waals surface area (Å²) in [4.78, 5) is 19.0. The van der Waals surface area contributed by atoms with E-state index in [1.165, 1.54) is 19.2 Å². The fourth-order valence-electron chi connectivity index (χ4n) is 1.37. The van der Waals surface area contributed by atoms with E-state index in [4.69, 9.17) is 0 Å². The number of hydrogen-bond donors (Lipinski definition) is 0. The fourth-order valence-corrected chi connectivity index (χ4v) is 1.73. The summed E-state index contributed by atoms with van der Waals surface area (Å²) in [5.41, 5.74) is 0.730. The maximum Gasteiger partial charge on any atom is 0.196 e. The van der Waals surface area contributed by atoms with Crippen LogP contribution in [0.25, 0.3) is 11.3 Å². The minimum atomic E-state index is -0.388. The first-order chi connectivity index (χ1) is 8.08. The number of hydrogen-bond acceptors (Lipinski definition) is 3. The van der Waals surface area contributed by atoms with E-state index in [1.807, 2.05) is 0 Å². The van der Waals surface area contributed by atoms with Crippen molar-refractivity contribution in [3.8, 4) is 11.3 Å². The van der Waals surface area contributed by atoms with E-state index >= 15 is 0 Å². The van der Waals surface area contributed by atoms with Gasteiger partial charge in [0.05, 0.1) is 5.69 Å². The van der Waals surface area contributed by atoms with Gasteiger partial charge in [-0.3, -0.25) is 4.79 Å². The lowest BCUT2D eigenvalue weighted by atomic mass is 10.1. The molecule has 0 amide bonds. The number of nitrogens with zero attached hydrogens (tertiary/aromatic N) is 2. The van der Waals surface area contributed by atoms with Gasteiger partial charge in [-0.2, -0.15) is 0 Å². The lowest BCUT2D eigenvalue weighted by molar-refractivity contribution is 0.100. The van der Waals surface area contributed by atoms with Crippen LogP contribution in [-0.2, 0) is 0 Å². The zero-order chi connectivity index (χ0) is 12.4. The van der Waals surface area contributed by atoms with Crippen molar-refractivity contribution in [1.82, 2.24) is 9.97 Å². The third-order valence-corrected chi connectivity index (χ3v) is 2.67. The summed E-state index contributed by atoms with van der Waals surface area (Å²) in [5.74, 6) is -0.550. The molecule has 2 aromatic rings. The fraction of sp³-hybridized carbons (Fsp3) is 0.0833. The van der Waals surface area contributed by atoms with E-state index < -0.39 is 0 Å². The number of rotatable bonds is 2. The van der Waals surface area contributed by atoms with Crippen LogP contribution >= 0.6 is 15.9 Å². The predicted octanol–water partition coefficient (Wildman–Crippen LogP) is 3.25. The molecule has 0 saturated heterocycles. The lowest BCUT2D eigenvalue weighted by Crippen LogP contribution is -2.01. The van der Waals surface area contributed by atoms with Crippen molar-refractivity contribution in [2.75, 3.05) is 0 Å². The summed E-state index contributed by atoms with van der Waals surface area (Å²) in [6.45, 7) is 1.37. The Morgan fingerprint density at radius 1 is 1.35 bits per heavy atom. The van der Waals surface area contributed by atoms with E-state index in [9.17, 15) is 9.18 Å². The second kappa shape index (κ2) is 4.71. The molecule has 0 aliphatic heterocycles. The van der Waals surface area contributed by atoms with Gasteiger partial charge in [-0.05, 0) is 24.3 Å². The molecule has 0 atom stereocenters. The van der Waals surface area contributed by atoms with Crippen LogP contribution in [0.2, 0.25) is 0 Å². The largest absolute Gasteiger partial charge is 0.291 e. The monoisotopic (exact) mass is 294 g/mol. The molecule has 0 fully saturated rings. The predicted molar refractivity (Wildman–Crippen MR) is 65.1 cm³/mol. The number of halogens is 2. The Kier molecular flexibility index (Phi) is 3.28. The number of carbonyl (C=O) groups excluding carboxylic acids is 1. The highest BCUT2D eigenvalue weighted by Crippen LogP contribution is 2.24. The molecule has 0 bridgehead atoms. The van der Waals surface area contributed by atoms with Crippen LogP contribution in [0.3, 0.4) is 0 Å². The first-order valence-electron chi connectivity index (χ1n) is 4.87. The van der Waals surface area contributed by atoms with E-state index in [-0.39, 0.29) is 17.4 Å². The summed E-state index contributed by atoms with van der Waals surface area (Å²) in [6, 6.07) is 6.12. The maximum absolute atomic E-state index is 13.6. The van der Waals surface area contributed by atoms with E-state index in [0.717, 1.165) is 4.47 Å². The molecule has 1 heterocycles. The van der Waals surface area contributed by atoms with E-state index in [0.29, 0.717) is 11.3 Å². The Balaban J connectivity index is 2.56. The van der Waals surface area contributed by atoms with Gasteiger partial charge < -0.3 is 0 Å². The number of Topliss-reactive ketones (excluding diaryl/α,β-unsaturated/α-hetero) is 1. The van der Waals surface area contributed by atoms with Gasteiger partial charge in [0, 0.05) is 23.2 Å². The highest BCUT2D eigenvalue weighted by molar-refractivity contribution is 9.10. The molecule has 17 heavy (non-hydrogen) atoms. The lowest BCUT2D eigenvalue weighted by Gasteiger charge is -2.04. The molecule has 0 radical (unpaired) electrons. The standard InChI is InChI=1S/C12H8BrFN2O/c1-7(17)12-15-5-4-11(16-12)9-6-8(13)2-3-10(9)14/h2-6H,1H3. The molecule has 0 spiro atoms. The molecule has 2 rings (SSSR count). The Labute approximate surface area is 106 Å². The van der Waals surface area contributed by atoms with Gasteiger partial charge in [0.25, 0.3) is 0 Å². The van der Waals surface area contributed by atoms with Gasteiger partial charge in [0.1, 0.15) is 5.82 Å². The normalized spacial score (nSPS) is 10.3. The van der Waals surface area contributed by atoms with Crippen LogP contribution in [0, 0.1) is 5.82 Å². The number of aromatic nitrogens is 2. The Hall–Kier alpha value is -1.62. The van der Waals surface area contributed by atoms with Gasteiger partial charge in [-0.1, -0.05) is 15.9 Å². The molecule has 0 saturated carbocycles. The van der Waals surface area contributed by atoms with Crippen molar-refractivity contribution in [1.29, 1.82) is 0 Å². The number of carbonyl (C=O) groups is 1. The van der Waals surface area contributed by atoms with Gasteiger partial charge in [0.15, 0.2) is 11.6 Å². The van der Waals surface area contributed by atoms with Crippen LogP contribution in [0.5, 0.6) is 0 Å². The smallest absolute Gasteiger partial charge is 0.196 e. The average molecular weight is 295 g/mol. The van der Waals surface area contributed by atoms with Crippen molar-refractivity contribution >= 4 is 21.7 Å². The third-order valence-electron chi connectivity index (χ3n) is 2.17. The van der Waals surface area contributed by atoms with Gasteiger partial charge in [-0.25, -0.2) is 14.4 Å². The molecule has 86 valence electrons. The van der Waals surface area contributed by atoms with Crippen molar-refractivity contribution < 1.29 is 9.18 Å². The summed E-state index contributed by atoms with van der Waals surface area (Å²) in [5, 5.41) is 0. The van der Waals surface area contributed by atoms with E-state index in [2.05, 4.69) is 25.9 Å². The van der Waals surface area contributed by atoms with Crippen LogP contribution in [0.1, 0.15) is 17.5 Å². The first kappa shape index (κ1) is 11.9. The highest BCUT2D eigenvalue weighted by atomic mass is 79.9. The second-order valence-electron chi connectivity index (χ2n) is 3.45.